The molecule has 2 aromatic rings. The average Bonchev–Trinajstić information content (AvgIpc) is 2.52. The number of nitrogens with zero attached hydrogens (tertiary/aromatic N) is 2. The van der Waals surface area contributed by atoms with Crippen LogP contribution in [0.5, 0.6) is 0 Å². The highest BCUT2D eigenvalue weighted by Crippen LogP contribution is 2.30. The van der Waals surface area contributed by atoms with Gasteiger partial charge in [0.25, 0.3) is 0 Å². The molecule has 23 heavy (non-hydrogen) atoms. The summed E-state index contributed by atoms with van der Waals surface area (Å²) >= 11 is 5.86. The maximum absolute atomic E-state index is 14.2. The molecule has 0 saturated heterocycles. The molecule has 3 nitrogen and oxygen atoms in total. The van der Waals surface area contributed by atoms with E-state index < -0.39 is 11.6 Å². The van der Waals surface area contributed by atoms with Gasteiger partial charge in [-0.2, -0.15) is 0 Å². The Labute approximate surface area is 139 Å². The van der Waals surface area contributed by atoms with Gasteiger partial charge < -0.3 is 10.2 Å². The van der Waals surface area contributed by atoms with Crippen molar-refractivity contribution in [2.45, 2.75) is 13.8 Å². The minimum atomic E-state index is -0.485. The molecule has 0 unspecified atom stereocenters. The normalized spacial score (nSPS) is 11.0. The van der Waals surface area contributed by atoms with Crippen molar-refractivity contribution in [2.24, 2.45) is 4.99 Å². The zero-order valence-electron chi connectivity index (χ0n) is 13.2. The molecule has 0 aliphatic heterocycles. The Bertz CT molecular complexity index is 732. The van der Waals surface area contributed by atoms with Crippen LogP contribution in [-0.2, 0) is 0 Å². The lowest BCUT2D eigenvalue weighted by Gasteiger charge is -2.13. The van der Waals surface area contributed by atoms with Gasteiger partial charge in [-0.1, -0.05) is 11.6 Å². The summed E-state index contributed by atoms with van der Waals surface area (Å²) in [7, 11) is 1.85. The molecule has 0 heterocycles. The first-order valence-corrected chi connectivity index (χ1v) is 7.55. The van der Waals surface area contributed by atoms with Gasteiger partial charge >= 0.3 is 0 Å². The summed E-state index contributed by atoms with van der Waals surface area (Å²) in [5.74, 6) is -0.942. The molecule has 0 aliphatic carbocycles. The Hall–Kier alpha value is -2.14. The summed E-state index contributed by atoms with van der Waals surface area (Å²) in [6.45, 7) is 4.55. The Morgan fingerprint density at radius 1 is 1.17 bits per heavy atom. The van der Waals surface area contributed by atoms with Crippen LogP contribution in [0.4, 0.5) is 25.8 Å². The second-order valence-electron chi connectivity index (χ2n) is 5.19. The second-order valence-corrected chi connectivity index (χ2v) is 5.62. The van der Waals surface area contributed by atoms with E-state index in [1.165, 1.54) is 24.3 Å². The number of benzene rings is 2. The molecular formula is C17H18ClF2N3. The van der Waals surface area contributed by atoms with Crippen molar-refractivity contribution in [2.75, 3.05) is 18.9 Å². The monoisotopic (exact) mass is 337 g/mol. The first kappa shape index (κ1) is 17.2. The lowest BCUT2D eigenvalue weighted by atomic mass is 10.1. The van der Waals surface area contributed by atoms with Crippen molar-refractivity contribution in [3.8, 4) is 0 Å². The van der Waals surface area contributed by atoms with Crippen molar-refractivity contribution in [1.82, 2.24) is 4.90 Å². The highest BCUT2D eigenvalue weighted by Gasteiger charge is 2.09. The van der Waals surface area contributed by atoms with E-state index in [0.717, 1.165) is 12.1 Å². The van der Waals surface area contributed by atoms with Crippen LogP contribution in [0.25, 0.3) is 0 Å². The molecule has 0 aromatic heterocycles. The van der Waals surface area contributed by atoms with Gasteiger partial charge in [0.05, 0.1) is 12.0 Å². The van der Waals surface area contributed by atoms with Crippen LogP contribution in [0.1, 0.15) is 12.5 Å². The number of halogens is 3. The molecule has 6 heteroatoms. The van der Waals surface area contributed by atoms with E-state index in [4.69, 9.17) is 11.6 Å². The Morgan fingerprint density at radius 3 is 2.61 bits per heavy atom. The largest absolute Gasteiger partial charge is 0.366 e. The van der Waals surface area contributed by atoms with E-state index in [9.17, 15) is 8.78 Å². The van der Waals surface area contributed by atoms with Gasteiger partial charge in [0, 0.05) is 24.3 Å². The molecule has 0 spiro atoms. The number of anilines is 2. The Kier molecular flexibility index (Phi) is 5.55. The van der Waals surface area contributed by atoms with Crippen LogP contribution in [0, 0.1) is 18.6 Å². The van der Waals surface area contributed by atoms with E-state index in [1.807, 2.05) is 18.9 Å². The minimum Gasteiger partial charge on any atom is -0.366 e. The summed E-state index contributed by atoms with van der Waals surface area (Å²) in [6.07, 6.45) is 1.57. The van der Waals surface area contributed by atoms with Crippen molar-refractivity contribution in [3.63, 3.8) is 0 Å². The topological polar surface area (TPSA) is 27.6 Å². The first-order valence-electron chi connectivity index (χ1n) is 7.17. The van der Waals surface area contributed by atoms with E-state index in [0.29, 0.717) is 10.7 Å². The van der Waals surface area contributed by atoms with Gasteiger partial charge in [-0.25, -0.2) is 13.8 Å². The molecule has 122 valence electrons. The van der Waals surface area contributed by atoms with Crippen LogP contribution < -0.4 is 5.32 Å². The summed E-state index contributed by atoms with van der Waals surface area (Å²) in [5, 5.41) is 3.26. The Morgan fingerprint density at radius 2 is 1.91 bits per heavy atom. The maximum Gasteiger partial charge on any atom is 0.150 e. The van der Waals surface area contributed by atoms with Crippen LogP contribution in [0.3, 0.4) is 0 Å². The van der Waals surface area contributed by atoms with Crippen molar-refractivity contribution in [3.05, 3.63) is 52.6 Å². The number of hydrogen-bond donors (Lipinski definition) is 1. The van der Waals surface area contributed by atoms with Gasteiger partial charge in [-0.05, 0) is 49.7 Å². The third-order valence-corrected chi connectivity index (χ3v) is 3.62. The second kappa shape index (κ2) is 7.42. The molecule has 1 N–H and O–H groups in total. The van der Waals surface area contributed by atoms with Crippen LogP contribution in [0.15, 0.2) is 35.3 Å². The number of rotatable bonds is 5. The minimum absolute atomic E-state index is 0.196. The first-order chi connectivity index (χ1) is 10.9. The van der Waals surface area contributed by atoms with Gasteiger partial charge in [-0.3, -0.25) is 0 Å². The number of aryl methyl sites for hydroxylation is 1. The van der Waals surface area contributed by atoms with Gasteiger partial charge in [0.1, 0.15) is 11.5 Å². The predicted octanol–water partition coefficient (Wildman–Crippen LogP) is 5.28. The molecule has 0 amide bonds. The number of nitrogens with one attached hydrogen (secondary N) is 1. The van der Waals surface area contributed by atoms with E-state index in [2.05, 4.69) is 10.3 Å². The number of hydrogen-bond acceptors (Lipinski definition) is 2. The van der Waals surface area contributed by atoms with Crippen LogP contribution >= 0.6 is 11.6 Å². The third-order valence-electron chi connectivity index (χ3n) is 3.38. The zero-order chi connectivity index (χ0) is 17.0. The van der Waals surface area contributed by atoms with Gasteiger partial charge in [-0.15, -0.1) is 0 Å². The van der Waals surface area contributed by atoms with Crippen molar-refractivity contribution in [1.29, 1.82) is 0 Å². The molecule has 0 radical (unpaired) electrons. The molecular weight excluding hydrogens is 320 g/mol. The summed E-state index contributed by atoms with van der Waals surface area (Å²) in [5.41, 5.74) is 1.64. The SMILES string of the molecule is CCN(C)/C=N\c1cc(C)c(Nc2cc(Cl)ccc2F)cc1F. The van der Waals surface area contributed by atoms with Crippen molar-refractivity contribution < 1.29 is 8.78 Å². The lowest BCUT2D eigenvalue weighted by Crippen LogP contribution is -2.14. The van der Waals surface area contributed by atoms with Crippen molar-refractivity contribution >= 4 is 35.0 Å². The van der Waals surface area contributed by atoms with Gasteiger partial charge in [0.2, 0.25) is 0 Å². The zero-order valence-corrected chi connectivity index (χ0v) is 14.0. The highest BCUT2D eigenvalue weighted by molar-refractivity contribution is 6.30. The maximum atomic E-state index is 14.2. The quantitative estimate of drug-likeness (QED) is 0.593. The van der Waals surface area contributed by atoms with E-state index in [-0.39, 0.29) is 11.4 Å². The third kappa shape index (κ3) is 4.42. The smallest absolute Gasteiger partial charge is 0.150 e. The standard InChI is InChI=1S/C17H18ClF2N3/c1-4-23(3)10-21-16-7-11(2)15(9-14(16)20)22-17-8-12(18)5-6-13(17)19/h5-10,22H,4H2,1-3H3/b21-10-. The molecule has 0 atom stereocenters. The fraction of sp³-hybridized carbons (Fsp3) is 0.235. The highest BCUT2D eigenvalue weighted by atomic mass is 35.5. The molecule has 0 saturated carbocycles. The van der Waals surface area contributed by atoms with E-state index >= 15 is 0 Å². The average molecular weight is 338 g/mol. The molecule has 0 aliphatic rings. The lowest BCUT2D eigenvalue weighted by molar-refractivity contribution is 0.551. The summed E-state index contributed by atoms with van der Waals surface area (Å²) in [6, 6.07) is 7.08. The van der Waals surface area contributed by atoms with Crippen LogP contribution in [0.2, 0.25) is 5.02 Å². The fourth-order valence-corrected chi connectivity index (χ4v) is 2.05. The molecule has 2 rings (SSSR count). The fourth-order valence-electron chi connectivity index (χ4n) is 1.88. The molecule has 2 aromatic carbocycles. The van der Waals surface area contributed by atoms with Gasteiger partial charge in [0.15, 0.2) is 5.82 Å². The molecule has 0 fully saturated rings. The van der Waals surface area contributed by atoms with E-state index in [1.54, 1.807) is 19.3 Å². The van der Waals surface area contributed by atoms with Crippen LogP contribution in [-0.4, -0.2) is 24.8 Å². The Balaban J connectivity index is 2.29. The summed E-state index contributed by atoms with van der Waals surface area (Å²) in [4.78, 5) is 5.96. The summed E-state index contributed by atoms with van der Waals surface area (Å²) < 4.78 is 27.9. The molecule has 0 bridgehead atoms. The predicted molar refractivity (Wildman–Crippen MR) is 92.3 cm³/mol. The number of aliphatic imine (C=N–C) groups is 1.